The fourth-order valence-electron chi connectivity index (χ4n) is 2.49. The Balaban J connectivity index is 3.86. The predicted octanol–water partition coefficient (Wildman–Crippen LogP) is 4.85. The molecule has 0 saturated heterocycles. The Morgan fingerprint density at radius 1 is 0.850 bits per heavy atom. The maximum Gasteiger partial charge on any atom is 0.0999 e. The second-order valence-corrected chi connectivity index (χ2v) is 8.63. The zero-order valence-electron chi connectivity index (χ0n) is 14.5. The maximum atomic E-state index is 9.74. The predicted molar refractivity (Wildman–Crippen MR) is 85.1 cm³/mol. The average Bonchev–Trinajstić information content (AvgIpc) is 2.23. The van der Waals surface area contributed by atoms with Gasteiger partial charge in [-0.1, -0.05) is 62.3 Å². The minimum absolute atomic E-state index is 0.0649. The number of hydrogen-bond donors (Lipinski definition) is 0. The Morgan fingerprint density at radius 3 is 1.65 bits per heavy atom. The van der Waals surface area contributed by atoms with Crippen LogP contribution in [0, 0.1) is 11.3 Å². The van der Waals surface area contributed by atoms with Crippen LogP contribution < -0.4 is 0 Å². The van der Waals surface area contributed by atoms with E-state index in [0.717, 1.165) is 22.4 Å². The van der Waals surface area contributed by atoms with Crippen molar-refractivity contribution >= 4 is 0 Å². The largest absolute Gasteiger partial charge is 0.260 e. The molecule has 0 spiro atoms. The first-order chi connectivity index (χ1) is 8.80. The number of rotatable bonds is 0. The van der Waals surface area contributed by atoms with Crippen molar-refractivity contribution in [1.29, 1.82) is 5.26 Å². The van der Waals surface area contributed by atoms with Gasteiger partial charge < -0.3 is 0 Å². The van der Waals surface area contributed by atoms with Crippen molar-refractivity contribution in [2.24, 2.45) is 0 Å². The van der Waals surface area contributed by atoms with E-state index < -0.39 is 0 Å². The maximum absolute atomic E-state index is 9.74. The van der Waals surface area contributed by atoms with E-state index >= 15 is 0 Å². The van der Waals surface area contributed by atoms with Gasteiger partial charge in [0, 0.05) is 11.6 Å². The number of hydrogen-bond acceptors (Lipinski definition) is 2. The van der Waals surface area contributed by atoms with Crippen LogP contribution in [0.1, 0.15) is 84.7 Å². The van der Waals surface area contributed by atoms with E-state index in [-0.39, 0.29) is 16.2 Å². The number of aromatic nitrogens is 1. The molecule has 1 heterocycles. The zero-order chi connectivity index (χ0) is 15.9. The van der Waals surface area contributed by atoms with E-state index in [1.165, 1.54) is 0 Å². The summed E-state index contributed by atoms with van der Waals surface area (Å²) >= 11 is 0. The summed E-state index contributed by atoms with van der Waals surface area (Å²) in [4.78, 5) is 4.74. The van der Waals surface area contributed by atoms with Crippen molar-refractivity contribution in [2.75, 3.05) is 0 Å². The van der Waals surface area contributed by atoms with E-state index in [2.05, 4.69) is 68.4 Å². The fourth-order valence-corrected chi connectivity index (χ4v) is 2.49. The smallest absolute Gasteiger partial charge is 0.0999 e. The summed E-state index contributed by atoms with van der Waals surface area (Å²) in [7, 11) is 0. The molecular formula is C18H28N2. The Morgan fingerprint density at radius 2 is 1.35 bits per heavy atom. The van der Waals surface area contributed by atoms with Crippen LogP contribution in [-0.2, 0) is 16.2 Å². The fraction of sp³-hybridized carbons (Fsp3) is 0.667. The highest BCUT2D eigenvalue weighted by atomic mass is 14.7. The minimum atomic E-state index is -0.0953. The molecule has 0 unspecified atom stereocenters. The van der Waals surface area contributed by atoms with Gasteiger partial charge in [-0.25, -0.2) is 0 Å². The van der Waals surface area contributed by atoms with Crippen molar-refractivity contribution in [3.8, 4) is 6.07 Å². The second kappa shape index (κ2) is 4.88. The van der Waals surface area contributed by atoms with Crippen LogP contribution in [0.25, 0.3) is 0 Å². The van der Waals surface area contributed by atoms with E-state index in [1.54, 1.807) is 0 Å². The molecule has 0 N–H and O–H groups in total. The normalized spacial score (nSPS) is 13.2. The summed E-state index contributed by atoms with van der Waals surface area (Å²) in [6.07, 6.45) is 1.90. The molecule has 0 atom stereocenters. The van der Waals surface area contributed by atoms with Crippen LogP contribution in [-0.4, -0.2) is 4.98 Å². The van der Waals surface area contributed by atoms with Crippen molar-refractivity contribution in [1.82, 2.24) is 4.98 Å². The molecule has 1 aromatic heterocycles. The summed E-state index contributed by atoms with van der Waals surface area (Å²) in [6.45, 7) is 19.3. The summed E-state index contributed by atoms with van der Waals surface area (Å²) in [6, 6.07) is 2.45. The minimum Gasteiger partial charge on any atom is -0.260 e. The van der Waals surface area contributed by atoms with Crippen molar-refractivity contribution in [3.05, 3.63) is 28.6 Å². The second-order valence-electron chi connectivity index (χ2n) is 8.63. The molecule has 0 aliphatic carbocycles. The summed E-state index contributed by atoms with van der Waals surface area (Å²) in [5.74, 6) is 0. The van der Waals surface area contributed by atoms with Gasteiger partial charge in [-0.15, -0.1) is 0 Å². The van der Waals surface area contributed by atoms with Crippen LogP contribution in [0.15, 0.2) is 6.20 Å². The molecule has 0 amide bonds. The standard InChI is InChI=1S/C18H28N2/c1-16(2,3)13-11-20-15(18(7,8)9)14(12(13)10-19)17(4,5)6/h11H,1-9H3. The molecule has 0 bridgehead atoms. The van der Waals surface area contributed by atoms with Crippen LogP contribution in [0.3, 0.4) is 0 Å². The summed E-state index contributed by atoms with van der Waals surface area (Å²) in [5, 5.41) is 9.74. The van der Waals surface area contributed by atoms with Crippen LogP contribution in [0.4, 0.5) is 0 Å². The monoisotopic (exact) mass is 272 g/mol. The molecule has 1 rings (SSSR count). The highest BCUT2D eigenvalue weighted by Gasteiger charge is 2.32. The van der Waals surface area contributed by atoms with Gasteiger partial charge in [0.05, 0.1) is 17.3 Å². The Labute approximate surface area is 124 Å². The van der Waals surface area contributed by atoms with Gasteiger partial charge in [-0.2, -0.15) is 5.26 Å². The Bertz CT molecular complexity index is 541. The first-order valence-corrected chi connectivity index (χ1v) is 7.24. The van der Waals surface area contributed by atoms with Crippen LogP contribution >= 0.6 is 0 Å². The third-order valence-corrected chi connectivity index (χ3v) is 3.46. The lowest BCUT2D eigenvalue weighted by Gasteiger charge is -2.32. The lowest BCUT2D eigenvalue weighted by Crippen LogP contribution is -2.28. The molecule has 20 heavy (non-hydrogen) atoms. The highest BCUT2D eigenvalue weighted by Crippen LogP contribution is 2.38. The van der Waals surface area contributed by atoms with Crippen LogP contribution in [0.2, 0.25) is 0 Å². The third-order valence-electron chi connectivity index (χ3n) is 3.46. The van der Waals surface area contributed by atoms with Gasteiger partial charge in [0.2, 0.25) is 0 Å². The van der Waals surface area contributed by atoms with E-state index in [1.807, 2.05) is 6.20 Å². The highest BCUT2D eigenvalue weighted by molar-refractivity contribution is 5.52. The molecule has 0 radical (unpaired) electrons. The van der Waals surface area contributed by atoms with Gasteiger partial charge in [0.1, 0.15) is 0 Å². The molecule has 1 aromatic rings. The van der Waals surface area contributed by atoms with Gasteiger partial charge in [0.15, 0.2) is 0 Å². The van der Waals surface area contributed by atoms with Gasteiger partial charge >= 0.3 is 0 Å². The molecule has 0 aliphatic rings. The topological polar surface area (TPSA) is 36.7 Å². The molecule has 2 nitrogen and oxygen atoms in total. The van der Waals surface area contributed by atoms with Gasteiger partial charge in [-0.3, -0.25) is 4.98 Å². The Hall–Kier alpha value is -1.36. The zero-order valence-corrected chi connectivity index (χ0v) is 14.5. The third kappa shape index (κ3) is 3.20. The summed E-state index contributed by atoms with van der Waals surface area (Å²) in [5.41, 5.74) is 3.75. The molecule has 0 saturated carbocycles. The van der Waals surface area contributed by atoms with E-state index in [0.29, 0.717) is 0 Å². The van der Waals surface area contributed by atoms with Crippen molar-refractivity contribution in [2.45, 2.75) is 78.6 Å². The number of nitriles is 1. The molecule has 110 valence electrons. The number of pyridine rings is 1. The average molecular weight is 272 g/mol. The molecule has 0 aromatic carbocycles. The molecule has 0 fully saturated rings. The lowest BCUT2D eigenvalue weighted by atomic mass is 9.73. The van der Waals surface area contributed by atoms with Crippen molar-refractivity contribution in [3.63, 3.8) is 0 Å². The van der Waals surface area contributed by atoms with E-state index in [9.17, 15) is 5.26 Å². The Kier molecular flexibility index (Phi) is 4.07. The first-order valence-electron chi connectivity index (χ1n) is 7.24. The number of nitrogens with zero attached hydrogens (tertiary/aromatic N) is 2. The van der Waals surface area contributed by atoms with Crippen molar-refractivity contribution < 1.29 is 0 Å². The quantitative estimate of drug-likeness (QED) is 0.677. The van der Waals surface area contributed by atoms with Crippen LogP contribution in [0.5, 0.6) is 0 Å². The molecule has 0 aliphatic heterocycles. The first kappa shape index (κ1) is 16.7. The molecular weight excluding hydrogens is 244 g/mol. The molecule has 2 heteroatoms. The lowest BCUT2D eigenvalue weighted by molar-refractivity contribution is 0.503. The van der Waals surface area contributed by atoms with Gasteiger partial charge in [0.25, 0.3) is 0 Å². The van der Waals surface area contributed by atoms with E-state index in [4.69, 9.17) is 4.98 Å². The van der Waals surface area contributed by atoms with Gasteiger partial charge in [-0.05, 0) is 22.0 Å². The SMILES string of the molecule is CC(C)(C)c1cnc(C(C)(C)C)c(C(C)(C)C)c1C#N. The summed E-state index contributed by atoms with van der Waals surface area (Å²) < 4.78 is 0.